The molecule has 5 heteroatoms. The molecule has 0 aliphatic heterocycles. The van der Waals surface area contributed by atoms with Crippen LogP contribution >= 0.6 is 15.9 Å². The molecule has 0 amide bonds. The van der Waals surface area contributed by atoms with Gasteiger partial charge >= 0.3 is 0 Å². The second kappa shape index (κ2) is 5.33. The number of halogens is 2. The molecule has 0 unspecified atom stereocenters. The average Bonchev–Trinajstić information content (AvgIpc) is 2.44. The highest BCUT2D eigenvalue weighted by Crippen LogP contribution is 2.33. The van der Waals surface area contributed by atoms with Gasteiger partial charge in [0.15, 0.2) is 0 Å². The molecule has 3 nitrogen and oxygen atoms in total. The number of fused-ring (bicyclic) bond motifs is 1. The van der Waals surface area contributed by atoms with Crippen molar-refractivity contribution >= 4 is 43.9 Å². The molecule has 0 fully saturated rings. The molecule has 21 heavy (non-hydrogen) atoms. The van der Waals surface area contributed by atoms with E-state index < -0.39 is 0 Å². The van der Waals surface area contributed by atoms with Gasteiger partial charge in [0.25, 0.3) is 0 Å². The summed E-state index contributed by atoms with van der Waals surface area (Å²) >= 11 is 3.43. The standard InChI is InChI=1S/C16H13BrFN3/c1-9-2-4-15(12(18)6-9)21-16-11-7-10(17)3-5-14(11)20-8-13(16)19/h2-8H,19H2,1H3,(H,20,21). The number of rotatable bonds is 2. The smallest absolute Gasteiger partial charge is 0.146 e. The third-order valence-corrected chi connectivity index (χ3v) is 3.74. The van der Waals surface area contributed by atoms with Crippen molar-refractivity contribution < 1.29 is 4.39 Å². The zero-order chi connectivity index (χ0) is 15.0. The molecular formula is C16H13BrFN3. The maximum absolute atomic E-state index is 14.0. The molecule has 0 aliphatic rings. The third kappa shape index (κ3) is 2.69. The first-order valence-corrected chi connectivity index (χ1v) is 7.21. The number of benzene rings is 2. The second-order valence-electron chi connectivity index (χ2n) is 4.86. The third-order valence-electron chi connectivity index (χ3n) is 3.24. The summed E-state index contributed by atoms with van der Waals surface area (Å²) in [6, 6.07) is 10.7. The molecule has 1 heterocycles. The highest BCUT2D eigenvalue weighted by molar-refractivity contribution is 9.10. The summed E-state index contributed by atoms with van der Waals surface area (Å²) < 4.78 is 14.9. The molecule has 0 saturated heterocycles. The summed E-state index contributed by atoms with van der Waals surface area (Å²) in [5.41, 5.74) is 9.18. The lowest BCUT2D eigenvalue weighted by molar-refractivity contribution is 0.631. The van der Waals surface area contributed by atoms with Crippen LogP contribution in [0.4, 0.5) is 21.5 Å². The lowest BCUT2D eigenvalue weighted by atomic mass is 10.1. The van der Waals surface area contributed by atoms with Crippen LogP contribution in [-0.2, 0) is 0 Å². The van der Waals surface area contributed by atoms with E-state index in [0.717, 1.165) is 20.9 Å². The van der Waals surface area contributed by atoms with Crippen LogP contribution in [0, 0.1) is 12.7 Å². The van der Waals surface area contributed by atoms with Crippen molar-refractivity contribution in [3.63, 3.8) is 0 Å². The number of nitrogens with one attached hydrogen (secondary N) is 1. The van der Waals surface area contributed by atoms with Crippen molar-refractivity contribution in [1.29, 1.82) is 0 Å². The largest absolute Gasteiger partial charge is 0.396 e. The predicted octanol–water partition coefficient (Wildman–Crippen LogP) is 4.77. The molecule has 0 saturated carbocycles. The van der Waals surface area contributed by atoms with E-state index in [-0.39, 0.29) is 5.82 Å². The Morgan fingerprint density at radius 3 is 2.76 bits per heavy atom. The van der Waals surface area contributed by atoms with Gasteiger partial charge in [-0.2, -0.15) is 0 Å². The maximum Gasteiger partial charge on any atom is 0.146 e. The van der Waals surface area contributed by atoms with Gasteiger partial charge in [-0.15, -0.1) is 0 Å². The number of nitrogens with zero attached hydrogens (tertiary/aromatic N) is 1. The molecule has 106 valence electrons. The Balaban J connectivity index is 2.15. The Morgan fingerprint density at radius 1 is 1.19 bits per heavy atom. The molecule has 0 spiro atoms. The van der Waals surface area contributed by atoms with Crippen LogP contribution in [0.3, 0.4) is 0 Å². The Hall–Kier alpha value is -2.14. The number of nitrogens with two attached hydrogens (primary N) is 1. The van der Waals surface area contributed by atoms with Crippen molar-refractivity contribution in [2.24, 2.45) is 0 Å². The van der Waals surface area contributed by atoms with Gasteiger partial charge in [0.05, 0.1) is 28.8 Å². The van der Waals surface area contributed by atoms with Crippen molar-refractivity contribution in [3.05, 3.63) is 58.4 Å². The van der Waals surface area contributed by atoms with Crippen LogP contribution in [0.2, 0.25) is 0 Å². The SMILES string of the molecule is Cc1ccc(Nc2c(N)cnc3ccc(Br)cc23)c(F)c1. The topological polar surface area (TPSA) is 50.9 Å². The van der Waals surface area contributed by atoms with Crippen molar-refractivity contribution in [2.45, 2.75) is 6.92 Å². The van der Waals surface area contributed by atoms with E-state index in [1.165, 1.54) is 6.07 Å². The minimum absolute atomic E-state index is 0.311. The van der Waals surface area contributed by atoms with Crippen LogP contribution in [0.25, 0.3) is 10.9 Å². The summed E-state index contributed by atoms with van der Waals surface area (Å²) in [5, 5.41) is 3.91. The first kappa shape index (κ1) is 13.8. The van der Waals surface area contributed by atoms with E-state index in [1.807, 2.05) is 31.2 Å². The van der Waals surface area contributed by atoms with Gasteiger partial charge in [0.1, 0.15) is 5.82 Å². The molecular weight excluding hydrogens is 333 g/mol. The normalized spacial score (nSPS) is 10.8. The minimum atomic E-state index is -0.311. The number of aromatic nitrogens is 1. The van der Waals surface area contributed by atoms with Crippen LogP contribution < -0.4 is 11.1 Å². The quantitative estimate of drug-likeness (QED) is 0.703. The summed E-state index contributed by atoms with van der Waals surface area (Å²) in [7, 11) is 0. The van der Waals surface area contributed by atoms with Crippen LogP contribution in [0.5, 0.6) is 0 Å². The van der Waals surface area contributed by atoms with Gasteiger partial charge in [-0.25, -0.2) is 4.39 Å². The van der Waals surface area contributed by atoms with E-state index in [2.05, 4.69) is 26.2 Å². The maximum atomic E-state index is 14.0. The highest BCUT2D eigenvalue weighted by atomic mass is 79.9. The fraction of sp³-hybridized carbons (Fsp3) is 0.0625. The predicted molar refractivity (Wildman–Crippen MR) is 88.3 cm³/mol. The van der Waals surface area contributed by atoms with E-state index in [1.54, 1.807) is 12.3 Å². The first-order valence-electron chi connectivity index (χ1n) is 6.41. The fourth-order valence-corrected chi connectivity index (χ4v) is 2.54. The molecule has 0 bridgehead atoms. The van der Waals surface area contributed by atoms with Crippen molar-refractivity contribution in [1.82, 2.24) is 4.98 Å². The number of anilines is 3. The van der Waals surface area contributed by atoms with Gasteiger partial charge < -0.3 is 11.1 Å². The molecule has 1 aromatic heterocycles. The lowest BCUT2D eigenvalue weighted by Gasteiger charge is -2.13. The van der Waals surface area contributed by atoms with Crippen LogP contribution in [0.15, 0.2) is 47.1 Å². The number of hydrogen-bond acceptors (Lipinski definition) is 3. The Morgan fingerprint density at radius 2 is 2.00 bits per heavy atom. The number of aryl methyl sites for hydroxylation is 1. The van der Waals surface area contributed by atoms with Gasteiger partial charge in [0, 0.05) is 9.86 Å². The molecule has 3 rings (SSSR count). The van der Waals surface area contributed by atoms with E-state index in [0.29, 0.717) is 17.1 Å². The Bertz CT molecular complexity index is 828. The first-order chi connectivity index (χ1) is 10.0. The van der Waals surface area contributed by atoms with Crippen molar-refractivity contribution in [2.75, 3.05) is 11.1 Å². The Labute approximate surface area is 130 Å². The van der Waals surface area contributed by atoms with Crippen LogP contribution in [0.1, 0.15) is 5.56 Å². The lowest BCUT2D eigenvalue weighted by Crippen LogP contribution is -2.00. The van der Waals surface area contributed by atoms with E-state index >= 15 is 0 Å². The van der Waals surface area contributed by atoms with Gasteiger partial charge in [-0.3, -0.25) is 4.98 Å². The highest BCUT2D eigenvalue weighted by Gasteiger charge is 2.10. The number of pyridine rings is 1. The van der Waals surface area contributed by atoms with E-state index in [4.69, 9.17) is 5.73 Å². The minimum Gasteiger partial charge on any atom is -0.396 e. The van der Waals surface area contributed by atoms with Gasteiger partial charge in [-0.05, 0) is 42.8 Å². The molecule has 0 atom stereocenters. The zero-order valence-corrected chi connectivity index (χ0v) is 12.9. The average molecular weight is 346 g/mol. The monoisotopic (exact) mass is 345 g/mol. The molecule has 2 aromatic carbocycles. The van der Waals surface area contributed by atoms with Gasteiger partial charge in [-0.1, -0.05) is 22.0 Å². The Kier molecular flexibility index (Phi) is 3.51. The summed E-state index contributed by atoms with van der Waals surface area (Å²) in [4.78, 5) is 4.28. The summed E-state index contributed by atoms with van der Waals surface area (Å²) in [6.07, 6.45) is 1.57. The molecule has 3 aromatic rings. The van der Waals surface area contributed by atoms with Crippen LogP contribution in [-0.4, -0.2) is 4.98 Å². The van der Waals surface area contributed by atoms with Crippen molar-refractivity contribution in [3.8, 4) is 0 Å². The fourth-order valence-electron chi connectivity index (χ4n) is 2.18. The summed E-state index contributed by atoms with van der Waals surface area (Å²) in [6.45, 7) is 1.85. The number of hydrogen-bond donors (Lipinski definition) is 2. The second-order valence-corrected chi connectivity index (χ2v) is 5.77. The van der Waals surface area contributed by atoms with Gasteiger partial charge in [0.2, 0.25) is 0 Å². The molecule has 0 radical (unpaired) electrons. The zero-order valence-electron chi connectivity index (χ0n) is 11.3. The molecule has 3 N–H and O–H groups in total. The van der Waals surface area contributed by atoms with E-state index in [9.17, 15) is 4.39 Å². The number of nitrogen functional groups attached to an aromatic ring is 1. The summed E-state index contributed by atoms with van der Waals surface area (Å²) in [5.74, 6) is -0.311. The molecule has 0 aliphatic carbocycles.